The highest BCUT2D eigenvalue weighted by atomic mass is 16.5. The van der Waals surface area contributed by atoms with E-state index in [1.54, 1.807) is 19.1 Å². The topological polar surface area (TPSA) is 73.9 Å². The Labute approximate surface area is 209 Å². The molecule has 7 nitrogen and oxygen atoms in total. The van der Waals surface area contributed by atoms with Gasteiger partial charge < -0.3 is 20.3 Å². The zero-order valence-corrected chi connectivity index (χ0v) is 21.9. The molecule has 2 unspecified atom stereocenters. The fourth-order valence-electron chi connectivity index (χ4n) is 5.01. The third kappa shape index (κ3) is 6.21. The largest absolute Gasteiger partial charge is 0.497 e. The van der Waals surface area contributed by atoms with Crippen LogP contribution in [0.1, 0.15) is 56.5 Å². The molecule has 0 saturated heterocycles. The summed E-state index contributed by atoms with van der Waals surface area (Å²) in [6, 6.07) is 14.9. The molecule has 1 aliphatic rings. The average molecular weight is 481 g/mol. The second-order valence-electron chi connectivity index (χ2n) is 9.60. The number of amides is 2. The van der Waals surface area contributed by atoms with Gasteiger partial charge in [0.25, 0.3) is 0 Å². The Balaban J connectivity index is 1.88. The van der Waals surface area contributed by atoms with E-state index >= 15 is 0 Å². The first-order valence-corrected chi connectivity index (χ1v) is 12.5. The van der Waals surface area contributed by atoms with Gasteiger partial charge in [0, 0.05) is 31.7 Å². The Morgan fingerprint density at radius 3 is 2.37 bits per heavy atom. The van der Waals surface area contributed by atoms with E-state index in [0.29, 0.717) is 31.6 Å². The van der Waals surface area contributed by atoms with Crippen LogP contribution in [-0.4, -0.2) is 67.5 Å². The van der Waals surface area contributed by atoms with E-state index in [0.717, 1.165) is 29.0 Å². The van der Waals surface area contributed by atoms with Crippen molar-refractivity contribution in [3.05, 3.63) is 65.2 Å². The maximum Gasteiger partial charge on any atom is 0.247 e. The normalized spacial score (nSPS) is 16.4. The van der Waals surface area contributed by atoms with Gasteiger partial charge in [0.2, 0.25) is 11.8 Å². The molecule has 0 aromatic heterocycles. The molecular weight excluding hydrogens is 440 g/mol. The highest BCUT2D eigenvalue weighted by Crippen LogP contribution is 2.34. The van der Waals surface area contributed by atoms with Crippen LogP contribution in [0.3, 0.4) is 0 Å². The summed E-state index contributed by atoms with van der Waals surface area (Å²) in [4.78, 5) is 31.5. The summed E-state index contributed by atoms with van der Waals surface area (Å²) in [5.74, 6) is 0.496. The van der Waals surface area contributed by atoms with Crippen molar-refractivity contribution in [3.63, 3.8) is 0 Å². The first-order valence-electron chi connectivity index (χ1n) is 12.5. The Kier molecular flexibility index (Phi) is 9.29. The van der Waals surface area contributed by atoms with Crippen LogP contribution in [0.15, 0.2) is 48.5 Å². The molecule has 0 aliphatic carbocycles. The van der Waals surface area contributed by atoms with Crippen molar-refractivity contribution in [1.82, 2.24) is 20.4 Å². The number of nitrogens with zero attached hydrogens (tertiary/aromatic N) is 2. The molecule has 2 aromatic carbocycles. The summed E-state index contributed by atoms with van der Waals surface area (Å²) in [5.41, 5.74) is 2.78. The smallest absolute Gasteiger partial charge is 0.247 e. The fourth-order valence-corrected chi connectivity index (χ4v) is 5.01. The molecule has 190 valence electrons. The van der Waals surface area contributed by atoms with Crippen molar-refractivity contribution in [1.29, 1.82) is 0 Å². The number of hydrogen-bond donors (Lipinski definition) is 2. The summed E-state index contributed by atoms with van der Waals surface area (Å²) < 4.78 is 5.40. The molecule has 3 rings (SSSR count). The van der Waals surface area contributed by atoms with Gasteiger partial charge in [-0.15, -0.1) is 0 Å². The van der Waals surface area contributed by atoms with E-state index < -0.39 is 12.1 Å². The molecule has 35 heavy (non-hydrogen) atoms. The second kappa shape index (κ2) is 12.2. The number of nitrogens with one attached hydrogen (secondary N) is 2. The lowest BCUT2D eigenvalue weighted by atomic mass is 9.90. The molecular formula is C28H40N4O3. The Morgan fingerprint density at radius 1 is 1.09 bits per heavy atom. The minimum atomic E-state index is -0.691. The van der Waals surface area contributed by atoms with Gasteiger partial charge in [-0.05, 0) is 70.0 Å². The van der Waals surface area contributed by atoms with Crippen molar-refractivity contribution in [2.24, 2.45) is 0 Å². The van der Waals surface area contributed by atoms with Crippen molar-refractivity contribution in [3.8, 4) is 5.75 Å². The van der Waals surface area contributed by atoms with Gasteiger partial charge in [-0.25, -0.2) is 0 Å². The molecule has 0 saturated carbocycles. The molecule has 1 heterocycles. The summed E-state index contributed by atoms with van der Waals surface area (Å²) in [6.45, 7) is 10.4. The Morgan fingerprint density at radius 2 is 1.77 bits per heavy atom. The van der Waals surface area contributed by atoms with Gasteiger partial charge in [0.05, 0.1) is 7.11 Å². The van der Waals surface area contributed by atoms with Crippen LogP contribution in [0.2, 0.25) is 0 Å². The second-order valence-corrected chi connectivity index (χ2v) is 9.60. The van der Waals surface area contributed by atoms with Gasteiger partial charge in [-0.2, -0.15) is 0 Å². The lowest BCUT2D eigenvalue weighted by Crippen LogP contribution is -2.51. The van der Waals surface area contributed by atoms with Crippen LogP contribution in [0.4, 0.5) is 0 Å². The summed E-state index contributed by atoms with van der Waals surface area (Å²) >= 11 is 0. The van der Waals surface area contributed by atoms with Gasteiger partial charge in [-0.3, -0.25) is 14.5 Å². The molecule has 2 amide bonds. The van der Waals surface area contributed by atoms with Gasteiger partial charge in [0.1, 0.15) is 17.8 Å². The molecule has 2 aromatic rings. The lowest BCUT2D eigenvalue weighted by molar-refractivity contribution is -0.143. The number of methoxy groups -OCH3 is 1. The van der Waals surface area contributed by atoms with E-state index in [4.69, 9.17) is 4.74 Å². The van der Waals surface area contributed by atoms with E-state index in [2.05, 4.69) is 43.2 Å². The molecule has 2 atom stereocenters. The van der Waals surface area contributed by atoms with Gasteiger partial charge in [-0.1, -0.05) is 36.4 Å². The van der Waals surface area contributed by atoms with Crippen LogP contribution in [0.25, 0.3) is 0 Å². The van der Waals surface area contributed by atoms with Crippen LogP contribution in [-0.2, 0) is 16.0 Å². The third-order valence-corrected chi connectivity index (χ3v) is 6.77. The molecule has 0 bridgehead atoms. The SMILES string of the molecule is CNC(C(=O)N1CCc2cc(OC)ccc2C1C(=O)NCCN(C(C)C)C(C)C)c1ccccc1. The first kappa shape index (κ1) is 26.7. The highest BCUT2D eigenvalue weighted by molar-refractivity contribution is 5.92. The average Bonchev–Trinajstić information content (AvgIpc) is 2.85. The molecule has 0 radical (unpaired) electrons. The van der Waals surface area contributed by atoms with Crippen LogP contribution in [0, 0.1) is 0 Å². The number of carbonyl (C=O) groups is 2. The number of hydrogen-bond acceptors (Lipinski definition) is 5. The van der Waals surface area contributed by atoms with E-state index in [1.165, 1.54) is 0 Å². The fraction of sp³-hybridized carbons (Fsp3) is 0.500. The molecule has 7 heteroatoms. The number of likely N-dealkylation sites (N-methyl/N-ethyl adjacent to an activating group) is 1. The van der Waals surface area contributed by atoms with Crippen molar-refractivity contribution in [2.75, 3.05) is 33.8 Å². The number of rotatable bonds is 10. The zero-order chi connectivity index (χ0) is 25.5. The van der Waals surface area contributed by atoms with Crippen LogP contribution in [0.5, 0.6) is 5.75 Å². The molecule has 1 aliphatic heterocycles. The Bertz CT molecular complexity index is 985. The summed E-state index contributed by atoms with van der Waals surface area (Å²) in [5, 5.41) is 6.27. The molecule has 2 N–H and O–H groups in total. The van der Waals surface area contributed by atoms with E-state index in [1.807, 2.05) is 48.5 Å². The van der Waals surface area contributed by atoms with Crippen LogP contribution < -0.4 is 15.4 Å². The summed E-state index contributed by atoms with van der Waals surface area (Å²) in [7, 11) is 3.41. The van der Waals surface area contributed by atoms with E-state index in [9.17, 15) is 9.59 Å². The van der Waals surface area contributed by atoms with Crippen molar-refractivity contribution < 1.29 is 14.3 Å². The predicted molar refractivity (Wildman–Crippen MR) is 139 cm³/mol. The quantitative estimate of drug-likeness (QED) is 0.546. The monoisotopic (exact) mass is 480 g/mol. The number of benzene rings is 2. The highest BCUT2D eigenvalue weighted by Gasteiger charge is 2.38. The standard InChI is InChI=1S/C28H40N4O3/c1-19(2)31(20(3)4)17-15-30-27(33)26-24-13-12-23(35-6)18-22(24)14-16-32(26)28(34)25(29-5)21-10-8-7-9-11-21/h7-13,18-20,25-26,29H,14-17H2,1-6H3,(H,30,33). The molecule has 0 fully saturated rings. The van der Waals surface area contributed by atoms with Crippen molar-refractivity contribution in [2.45, 2.75) is 58.3 Å². The van der Waals surface area contributed by atoms with Gasteiger partial charge >= 0.3 is 0 Å². The van der Waals surface area contributed by atoms with E-state index in [-0.39, 0.29) is 11.8 Å². The number of carbonyl (C=O) groups excluding carboxylic acids is 2. The van der Waals surface area contributed by atoms with Gasteiger partial charge in [0.15, 0.2) is 0 Å². The number of ether oxygens (including phenoxy) is 1. The maximum atomic E-state index is 13.8. The first-order chi connectivity index (χ1) is 16.8. The molecule has 0 spiro atoms. The summed E-state index contributed by atoms with van der Waals surface area (Å²) in [6.07, 6.45) is 0.668. The zero-order valence-electron chi connectivity index (χ0n) is 21.9. The van der Waals surface area contributed by atoms with Crippen LogP contribution >= 0.6 is 0 Å². The number of fused-ring (bicyclic) bond motifs is 1. The minimum absolute atomic E-state index is 0.105. The third-order valence-electron chi connectivity index (χ3n) is 6.77. The predicted octanol–water partition coefficient (Wildman–Crippen LogP) is 3.32. The Hall–Kier alpha value is -2.90. The van der Waals surface area contributed by atoms with Crippen molar-refractivity contribution >= 4 is 11.8 Å². The maximum absolute atomic E-state index is 13.8. The minimum Gasteiger partial charge on any atom is -0.497 e. The lowest BCUT2D eigenvalue weighted by Gasteiger charge is -2.38.